The minimum atomic E-state index is -1.10. The Morgan fingerprint density at radius 3 is 1.83 bits per heavy atom. The minimum Gasteiger partial charge on any atom is -0.481 e. The Balaban J connectivity index is 3.73. The maximum atomic E-state index is 11.7. The van der Waals surface area contributed by atoms with Crippen molar-refractivity contribution in [3.05, 3.63) is 18.3 Å². The second-order valence-corrected chi connectivity index (χ2v) is 7.15. The van der Waals surface area contributed by atoms with E-state index in [-0.39, 0.29) is 5.57 Å². The van der Waals surface area contributed by atoms with E-state index in [1.165, 1.54) is 0 Å². The quantitative estimate of drug-likeness (QED) is 0.598. The van der Waals surface area contributed by atoms with Crippen molar-refractivity contribution in [3.8, 4) is 0 Å². The van der Waals surface area contributed by atoms with Crippen LogP contribution in [0.2, 0.25) is 0 Å². The average Bonchev–Trinajstić information content (AvgIpc) is 2.24. The summed E-state index contributed by atoms with van der Waals surface area (Å²) in [5.41, 5.74) is -1.10. The van der Waals surface area contributed by atoms with Gasteiger partial charge in [0.15, 0.2) is 0 Å². The minimum absolute atomic E-state index is 0.226. The summed E-state index contributed by atoms with van der Waals surface area (Å²) in [6.07, 6.45) is 0. The largest absolute Gasteiger partial charge is 0.481 e. The van der Waals surface area contributed by atoms with E-state index in [1.54, 1.807) is 27.7 Å². The molecule has 0 aromatic carbocycles. The third-order valence-corrected chi connectivity index (χ3v) is 7.58. The molecule has 0 saturated heterocycles. The van der Waals surface area contributed by atoms with Crippen LogP contribution in [0.1, 0.15) is 27.7 Å². The van der Waals surface area contributed by atoms with Gasteiger partial charge >= 0.3 is 11.9 Å². The van der Waals surface area contributed by atoms with Gasteiger partial charge in [-0.1, -0.05) is 13.8 Å². The van der Waals surface area contributed by atoms with Crippen LogP contribution in [0.15, 0.2) is 18.3 Å². The first-order chi connectivity index (χ1) is 7.99. The van der Waals surface area contributed by atoms with E-state index >= 15 is 0 Å². The van der Waals surface area contributed by atoms with Crippen molar-refractivity contribution in [2.75, 3.05) is 0 Å². The molecule has 1 atom stereocenters. The van der Waals surface area contributed by atoms with Gasteiger partial charge in [0, 0.05) is 12.6 Å². The van der Waals surface area contributed by atoms with Crippen molar-refractivity contribution in [2.45, 2.75) is 27.7 Å². The fraction of sp³-hybridized carbons (Fsp3) is 0.500. The first-order valence-corrected chi connectivity index (χ1v) is 7.39. The summed E-state index contributed by atoms with van der Waals surface area (Å²) >= 11 is 3.92. The molecule has 0 radical (unpaired) electrons. The molecule has 0 aromatic rings. The van der Waals surface area contributed by atoms with E-state index in [1.807, 2.05) is 45.2 Å². The Kier molecular flexibility index (Phi) is 4.22. The Morgan fingerprint density at radius 1 is 1.06 bits per heavy atom. The number of aliphatic carboxylic acids is 2. The van der Waals surface area contributed by atoms with Crippen LogP contribution in [0, 0.1) is 10.8 Å². The summed E-state index contributed by atoms with van der Waals surface area (Å²) in [7, 11) is 0. The second kappa shape index (κ2) is 4.77. The van der Waals surface area contributed by atoms with E-state index in [9.17, 15) is 19.8 Å². The lowest BCUT2D eigenvalue weighted by molar-refractivity contribution is -0.150. The first kappa shape index (κ1) is 15.9. The third-order valence-electron chi connectivity index (χ3n) is 3.80. The van der Waals surface area contributed by atoms with Crippen LogP contribution in [-0.2, 0) is 9.59 Å². The number of hydrogen-bond acceptors (Lipinski definition) is 2. The molecule has 18 heavy (non-hydrogen) atoms. The molecule has 1 rings (SSSR count). The highest BCUT2D eigenvalue weighted by molar-refractivity contribution is 14.1. The monoisotopic (exact) mass is 476 g/mol. The van der Waals surface area contributed by atoms with Gasteiger partial charge in [-0.3, -0.25) is 4.79 Å². The molecule has 0 bridgehead atoms. The van der Waals surface area contributed by atoms with E-state index < -0.39 is 22.8 Å². The molecule has 4 nitrogen and oxygen atoms in total. The van der Waals surface area contributed by atoms with Crippen molar-refractivity contribution >= 4 is 57.1 Å². The Morgan fingerprint density at radius 2 is 1.50 bits per heavy atom. The summed E-state index contributed by atoms with van der Waals surface area (Å²) in [6.45, 7) is 6.87. The fourth-order valence-electron chi connectivity index (χ4n) is 2.07. The maximum absolute atomic E-state index is 11.7. The molecule has 0 heterocycles. The van der Waals surface area contributed by atoms with E-state index in [2.05, 4.69) is 0 Å². The second-order valence-electron chi connectivity index (χ2n) is 4.99. The maximum Gasteiger partial charge on any atom is 0.336 e. The number of hydrogen-bond donors (Lipinski definition) is 2. The zero-order chi connectivity index (χ0) is 14.5. The van der Waals surface area contributed by atoms with Crippen LogP contribution in [0.5, 0.6) is 0 Å². The summed E-state index contributed by atoms with van der Waals surface area (Å²) in [5, 5.41) is 18.8. The summed E-state index contributed by atoms with van der Waals surface area (Å²) in [5.74, 6) is -1.94. The molecule has 0 fully saturated rings. The third kappa shape index (κ3) is 1.91. The molecule has 1 unspecified atom stereocenters. The lowest BCUT2D eigenvalue weighted by Gasteiger charge is -2.45. The van der Waals surface area contributed by atoms with Crippen molar-refractivity contribution in [1.82, 2.24) is 0 Å². The topological polar surface area (TPSA) is 74.6 Å². The smallest absolute Gasteiger partial charge is 0.336 e. The molecular weight excluding hydrogens is 462 g/mol. The van der Waals surface area contributed by atoms with Gasteiger partial charge in [-0.25, -0.2) is 4.79 Å². The molecule has 6 heteroatoms. The summed E-state index contributed by atoms with van der Waals surface area (Å²) < 4.78 is 1.16. The molecule has 0 saturated carbocycles. The Labute approximate surface area is 133 Å². The van der Waals surface area contributed by atoms with Gasteiger partial charge < -0.3 is 10.2 Å². The molecule has 0 aliphatic heterocycles. The molecule has 2 N–H and O–H groups in total. The number of carboxylic acid groups (broad SMARTS) is 2. The van der Waals surface area contributed by atoms with E-state index in [0.717, 1.165) is 0 Å². The first-order valence-electron chi connectivity index (χ1n) is 5.23. The average molecular weight is 476 g/mol. The number of rotatable bonds is 2. The number of carboxylic acids is 2. The van der Waals surface area contributed by atoms with Crippen LogP contribution < -0.4 is 0 Å². The van der Waals surface area contributed by atoms with Crippen molar-refractivity contribution in [1.29, 1.82) is 0 Å². The number of carbonyl (C=O) groups is 2. The van der Waals surface area contributed by atoms with Crippen molar-refractivity contribution in [3.63, 3.8) is 0 Å². The Hall–Kier alpha value is -0.120. The lowest BCUT2D eigenvalue weighted by Crippen LogP contribution is -2.46. The van der Waals surface area contributed by atoms with Crippen LogP contribution in [0.25, 0.3) is 0 Å². The van der Waals surface area contributed by atoms with Crippen LogP contribution in [-0.4, -0.2) is 22.2 Å². The van der Waals surface area contributed by atoms with Gasteiger partial charge in [0.25, 0.3) is 0 Å². The molecule has 0 spiro atoms. The van der Waals surface area contributed by atoms with Crippen molar-refractivity contribution in [2.24, 2.45) is 10.8 Å². The molecule has 100 valence electrons. The lowest BCUT2D eigenvalue weighted by atomic mass is 9.62. The standard InChI is InChI=1S/C12H14I2O4/c1-5-6(9(15)16)8(14)11(2,3)12(4,7(5)13)10(17)18/h1-4H3,(H,15,16)(H,17,18). The number of halogens is 2. The van der Waals surface area contributed by atoms with Gasteiger partial charge in [0.1, 0.15) is 5.41 Å². The highest BCUT2D eigenvalue weighted by atomic mass is 127. The van der Waals surface area contributed by atoms with Crippen LogP contribution in [0.4, 0.5) is 0 Å². The normalized spacial score (nSPS) is 27.4. The molecule has 1 aliphatic carbocycles. The Bertz CT molecular complexity index is 502. The van der Waals surface area contributed by atoms with Gasteiger partial charge in [0.2, 0.25) is 0 Å². The zero-order valence-electron chi connectivity index (χ0n) is 10.5. The molecule has 1 aliphatic rings. The van der Waals surface area contributed by atoms with Gasteiger partial charge in [-0.05, 0) is 64.6 Å². The highest BCUT2D eigenvalue weighted by Gasteiger charge is 2.55. The SMILES string of the molecule is CC1=C(I)C(C)(C(=O)O)C(C)(C)C(I)=C1C(=O)O. The van der Waals surface area contributed by atoms with E-state index in [4.69, 9.17) is 0 Å². The van der Waals surface area contributed by atoms with Gasteiger partial charge in [-0.15, -0.1) is 0 Å². The zero-order valence-corrected chi connectivity index (χ0v) is 14.8. The highest BCUT2D eigenvalue weighted by Crippen LogP contribution is 2.59. The van der Waals surface area contributed by atoms with Crippen LogP contribution in [0.3, 0.4) is 0 Å². The number of allylic oxidation sites excluding steroid dienone is 1. The predicted molar refractivity (Wildman–Crippen MR) is 84.9 cm³/mol. The summed E-state index contributed by atoms with van der Waals surface area (Å²) in [6, 6.07) is 0. The van der Waals surface area contributed by atoms with E-state index in [0.29, 0.717) is 12.7 Å². The molecule has 0 amide bonds. The molecular formula is C12H14I2O4. The van der Waals surface area contributed by atoms with Crippen LogP contribution >= 0.6 is 45.2 Å². The van der Waals surface area contributed by atoms with Gasteiger partial charge in [0.05, 0.1) is 5.57 Å². The predicted octanol–water partition coefficient (Wildman–Crippen LogP) is 3.60. The fourth-order valence-corrected chi connectivity index (χ4v) is 4.42. The van der Waals surface area contributed by atoms with Gasteiger partial charge in [-0.2, -0.15) is 0 Å². The summed E-state index contributed by atoms with van der Waals surface area (Å²) in [4.78, 5) is 23.0. The molecule has 0 aromatic heterocycles. The van der Waals surface area contributed by atoms with Crippen molar-refractivity contribution < 1.29 is 19.8 Å².